The van der Waals surface area contributed by atoms with Crippen molar-refractivity contribution in [3.05, 3.63) is 64.1 Å². The number of benzene rings is 2. The highest BCUT2D eigenvalue weighted by Gasteiger charge is 2.43. The smallest absolute Gasteiger partial charge is 0.282 e. The number of hydrogen-bond acceptors (Lipinski definition) is 2. The van der Waals surface area contributed by atoms with E-state index in [9.17, 15) is 9.59 Å². The van der Waals surface area contributed by atoms with E-state index in [0.29, 0.717) is 0 Å². The third-order valence-electron chi connectivity index (χ3n) is 4.01. The lowest BCUT2D eigenvalue weighted by atomic mass is 10.2. The normalized spacial score (nSPS) is 18.0. The van der Waals surface area contributed by atoms with E-state index in [2.05, 4.69) is 15.9 Å². The van der Waals surface area contributed by atoms with Crippen LogP contribution in [0.5, 0.6) is 0 Å². The van der Waals surface area contributed by atoms with Crippen molar-refractivity contribution in [2.24, 2.45) is 0 Å². The minimum atomic E-state index is -0.486. The molecule has 0 saturated carbocycles. The van der Waals surface area contributed by atoms with E-state index >= 15 is 0 Å². The fraction of sp³-hybridized carbons (Fsp3) is 0.222. The predicted octanol–water partition coefficient (Wildman–Crippen LogP) is 4.11. The van der Waals surface area contributed by atoms with Crippen molar-refractivity contribution in [3.8, 4) is 0 Å². The maximum Gasteiger partial charge on any atom is 0.332 e. The zero-order valence-electron chi connectivity index (χ0n) is 13.0. The van der Waals surface area contributed by atoms with E-state index in [1.165, 1.54) is 4.90 Å². The first-order chi connectivity index (χ1) is 11.0. The monoisotopic (exact) mass is 372 g/mol. The Morgan fingerprint density at radius 2 is 1.61 bits per heavy atom. The molecule has 1 saturated heterocycles. The number of carbonyl (C=O) groups excluding carboxylic acids is 2. The van der Waals surface area contributed by atoms with Gasteiger partial charge < -0.3 is 0 Å². The second-order valence-electron chi connectivity index (χ2n) is 5.71. The molecule has 3 rings (SSSR count). The number of anilines is 1. The van der Waals surface area contributed by atoms with Crippen LogP contribution in [0.15, 0.2) is 53.0 Å². The van der Waals surface area contributed by atoms with Crippen LogP contribution >= 0.6 is 15.9 Å². The van der Waals surface area contributed by atoms with Crippen LogP contribution < -0.4 is 4.90 Å². The van der Waals surface area contributed by atoms with Crippen LogP contribution in [0.1, 0.15) is 18.1 Å². The van der Waals surface area contributed by atoms with Gasteiger partial charge in [-0.25, -0.2) is 4.79 Å². The summed E-state index contributed by atoms with van der Waals surface area (Å²) < 4.78 is 0.968. The molecule has 0 N–H and O–H groups in total. The largest absolute Gasteiger partial charge is 0.332 e. The molecule has 1 heterocycles. The summed E-state index contributed by atoms with van der Waals surface area (Å²) in [6, 6.07) is 14.5. The van der Waals surface area contributed by atoms with Gasteiger partial charge in [-0.15, -0.1) is 0 Å². The zero-order valence-corrected chi connectivity index (χ0v) is 14.6. The van der Waals surface area contributed by atoms with Crippen molar-refractivity contribution in [1.82, 2.24) is 4.90 Å². The van der Waals surface area contributed by atoms with Gasteiger partial charge in [0.15, 0.2) is 0 Å². The first kappa shape index (κ1) is 15.7. The maximum atomic E-state index is 12.7. The Morgan fingerprint density at radius 1 is 1.00 bits per heavy atom. The summed E-state index contributed by atoms with van der Waals surface area (Å²) in [6.45, 7) is 4.04. The second-order valence-corrected chi connectivity index (χ2v) is 6.63. The van der Waals surface area contributed by atoms with Crippen LogP contribution in [-0.4, -0.2) is 22.9 Å². The number of aryl methyl sites for hydroxylation is 1. The zero-order chi connectivity index (χ0) is 16.6. The third-order valence-corrected chi connectivity index (χ3v) is 4.54. The average Bonchev–Trinajstić information content (AvgIpc) is 2.74. The lowest BCUT2D eigenvalue weighted by Gasteiger charge is -2.19. The molecular weight excluding hydrogens is 356 g/mol. The SMILES string of the molecule is Cc1ccc(N2C(=O)N(Cc3ccc(Br)cc3)C(=O)C2C)cc1. The lowest BCUT2D eigenvalue weighted by molar-refractivity contribution is -0.127. The molecule has 1 unspecified atom stereocenters. The van der Waals surface area contributed by atoms with Crippen LogP contribution in [0.3, 0.4) is 0 Å². The van der Waals surface area contributed by atoms with Crippen molar-refractivity contribution in [1.29, 1.82) is 0 Å². The Hall–Kier alpha value is -2.14. The molecule has 2 aromatic rings. The molecule has 0 aromatic heterocycles. The Balaban J connectivity index is 1.85. The maximum absolute atomic E-state index is 12.7. The van der Waals surface area contributed by atoms with Crippen molar-refractivity contribution in [3.63, 3.8) is 0 Å². The highest BCUT2D eigenvalue weighted by Crippen LogP contribution is 2.27. The van der Waals surface area contributed by atoms with Crippen LogP contribution in [0.4, 0.5) is 10.5 Å². The summed E-state index contributed by atoms with van der Waals surface area (Å²) in [6.07, 6.45) is 0. The van der Waals surface area contributed by atoms with Crippen LogP contribution in [-0.2, 0) is 11.3 Å². The average molecular weight is 373 g/mol. The van der Waals surface area contributed by atoms with E-state index in [1.54, 1.807) is 11.8 Å². The highest BCUT2D eigenvalue weighted by atomic mass is 79.9. The number of imide groups is 1. The summed E-state index contributed by atoms with van der Waals surface area (Å²) in [5.74, 6) is -0.168. The molecule has 5 heteroatoms. The first-order valence-electron chi connectivity index (χ1n) is 7.43. The molecule has 23 heavy (non-hydrogen) atoms. The number of halogens is 1. The summed E-state index contributed by atoms with van der Waals surface area (Å²) in [4.78, 5) is 28.1. The van der Waals surface area contributed by atoms with Gasteiger partial charge in [-0.2, -0.15) is 0 Å². The van der Waals surface area contributed by atoms with E-state index in [4.69, 9.17) is 0 Å². The van der Waals surface area contributed by atoms with Crippen LogP contribution in [0.25, 0.3) is 0 Å². The molecule has 0 bridgehead atoms. The summed E-state index contributed by atoms with van der Waals surface area (Å²) in [5, 5.41) is 0. The molecule has 3 amide bonds. The first-order valence-corrected chi connectivity index (χ1v) is 8.22. The van der Waals surface area contributed by atoms with Gasteiger partial charge in [0.1, 0.15) is 6.04 Å². The molecule has 1 fully saturated rings. The molecule has 1 aliphatic heterocycles. The van der Waals surface area contributed by atoms with E-state index in [1.807, 2.05) is 55.5 Å². The summed E-state index contributed by atoms with van der Waals surface area (Å²) >= 11 is 3.38. The topological polar surface area (TPSA) is 40.6 Å². The number of rotatable bonds is 3. The second kappa shape index (κ2) is 6.16. The molecule has 0 aliphatic carbocycles. The molecule has 118 valence electrons. The number of urea groups is 1. The molecule has 1 atom stereocenters. The Kier molecular flexibility index (Phi) is 4.22. The van der Waals surface area contributed by atoms with Crippen molar-refractivity contribution >= 4 is 33.6 Å². The van der Waals surface area contributed by atoms with Crippen molar-refractivity contribution < 1.29 is 9.59 Å². The standard InChI is InChI=1S/C18H17BrN2O2/c1-12-3-9-16(10-4-12)21-13(2)17(22)20(18(21)23)11-14-5-7-15(19)8-6-14/h3-10,13H,11H2,1-2H3. The molecule has 1 aliphatic rings. The molecule has 0 radical (unpaired) electrons. The summed E-state index contributed by atoms with van der Waals surface area (Å²) in [5.41, 5.74) is 2.79. The fourth-order valence-electron chi connectivity index (χ4n) is 2.68. The van der Waals surface area contributed by atoms with Gasteiger partial charge in [0.2, 0.25) is 0 Å². The van der Waals surface area contributed by atoms with Gasteiger partial charge >= 0.3 is 6.03 Å². The minimum Gasteiger partial charge on any atom is -0.282 e. The Morgan fingerprint density at radius 3 is 2.22 bits per heavy atom. The van der Waals surface area contributed by atoms with Crippen molar-refractivity contribution in [2.75, 3.05) is 4.90 Å². The quantitative estimate of drug-likeness (QED) is 0.760. The van der Waals surface area contributed by atoms with Gasteiger partial charge in [-0.05, 0) is 43.7 Å². The lowest BCUT2D eigenvalue weighted by Crippen LogP contribution is -2.33. The van der Waals surface area contributed by atoms with Gasteiger partial charge in [0, 0.05) is 10.2 Å². The highest BCUT2D eigenvalue weighted by molar-refractivity contribution is 9.10. The number of amides is 3. The summed E-state index contributed by atoms with van der Waals surface area (Å²) in [7, 11) is 0. The van der Waals surface area contributed by atoms with Gasteiger partial charge in [-0.1, -0.05) is 45.8 Å². The van der Waals surface area contributed by atoms with Crippen LogP contribution in [0.2, 0.25) is 0 Å². The minimum absolute atomic E-state index is 0.168. The number of nitrogens with zero attached hydrogens (tertiary/aromatic N) is 2. The predicted molar refractivity (Wildman–Crippen MR) is 93.2 cm³/mol. The van der Waals surface area contributed by atoms with Crippen LogP contribution in [0, 0.1) is 6.92 Å². The van der Waals surface area contributed by atoms with Crippen molar-refractivity contribution in [2.45, 2.75) is 26.4 Å². The van der Waals surface area contributed by atoms with E-state index in [-0.39, 0.29) is 18.5 Å². The van der Waals surface area contributed by atoms with E-state index in [0.717, 1.165) is 21.3 Å². The Bertz CT molecular complexity index is 741. The van der Waals surface area contributed by atoms with Gasteiger partial charge in [0.25, 0.3) is 5.91 Å². The van der Waals surface area contributed by atoms with E-state index < -0.39 is 6.04 Å². The third kappa shape index (κ3) is 3.01. The molecule has 4 nitrogen and oxygen atoms in total. The Labute approximate surface area is 143 Å². The molecular formula is C18H17BrN2O2. The fourth-order valence-corrected chi connectivity index (χ4v) is 2.95. The number of carbonyl (C=O) groups is 2. The van der Waals surface area contributed by atoms with Gasteiger partial charge in [-0.3, -0.25) is 14.6 Å². The molecule has 2 aromatic carbocycles. The number of hydrogen-bond donors (Lipinski definition) is 0. The van der Waals surface area contributed by atoms with Gasteiger partial charge in [0.05, 0.1) is 6.54 Å². The molecule has 0 spiro atoms.